The molecule has 0 amide bonds. The standard InChI is InChI=1S/Al.3H3O2P.H2O/c;3*1-3-2;/h;3*3H2,(H,1,2);1H2/q+3;;;;/p-3. The Labute approximate surface area is 77.7 Å². The third-order valence-corrected chi connectivity index (χ3v) is 0. The molecule has 0 bridgehead atoms. The average Bonchev–Trinajstić information content (AvgIpc) is 1.70. The van der Waals surface area contributed by atoms with Crippen LogP contribution in [-0.2, 0) is 13.7 Å². The smallest absolute Gasteiger partial charge is 0.804 e. The molecule has 0 fully saturated rings. The molecule has 7 nitrogen and oxygen atoms in total. The Balaban J connectivity index is -0.0000000150. The maximum atomic E-state index is 8.46. The van der Waals surface area contributed by atoms with Crippen molar-refractivity contribution in [1.29, 1.82) is 0 Å². The summed E-state index contributed by atoms with van der Waals surface area (Å²) < 4.78 is 25.4. The molecule has 0 aromatic carbocycles. The summed E-state index contributed by atoms with van der Waals surface area (Å²) >= 11 is 0. The van der Waals surface area contributed by atoms with E-state index in [1.54, 1.807) is 0 Å². The largest absolute Gasteiger partial charge is 3.00 e. The van der Waals surface area contributed by atoms with Gasteiger partial charge in [-0.3, -0.25) is 0 Å². The second kappa shape index (κ2) is 67.9. The molecule has 0 saturated carbocycles. The molecule has 3 unspecified atom stereocenters. The second-order valence-corrected chi connectivity index (χ2v) is 0.866. The SMILES string of the molecule is O.O=[PH2][O-].O=[PH2][O-].O=[PH2][O-].[Al+3]. The van der Waals surface area contributed by atoms with Gasteiger partial charge in [-0.15, -0.1) is 0 Å². The van der Waals surface area contributed by atoms with E-state index in [-0.39, 0.29) is 22.8 Å². The molecule has 0 saturated heterocycles. The van der Waals surface area contributed by atoms with Crippen molar-refractivity contribution >= 4 is 43.4 Å². The van der Waals surface area contributed by atoms with Gasteiger partial charge in [-0.2, -0.15) is 0 Å². The number of rotatable bonds is 0. The van der Waals surface area contributed by atoms with Gasteiger partial charge in [-0.1, -0.05) is 0 Å². The van der Waals surface area contributed by atoms with Gasteiger partial charge in [0.05, 0.1) is 0 Å². The Bertz CT molecular complexity index is 50.4. The summed E-state index contributed by atoms with van der Waals surface area (Å²) in [4.78, 5) is 25.4. The summed E-state index contributed by atoms with van der Waals surface area (Å²) in [6, 6.07) is 0. The maximum Gasteiger partial charge on any atom is 3.00 e. The molecule has 0 heterocycles. The first-order valence-corrected chi connectivity index (χ1v) is 4.24. The first-order chi connectivity index (χ1) is 4.24. The van der Waals surface area contributed by atoms with E-state index in [0.29, 0.717) is 0 Å². The van der Waals surface area contributed by atoms with Crippen molar-refractivity contribution in [2.75, 3.05) is 0 Å². The van der Waals surface area contributed by atoms with E-state index in [2.05, 4.69) is 0 Å². The molecule has 0 aromatic heterocycles. The van der Waals surface area contributed by atoms with Crippen LogP contribution < -0.4 is 14.7 Å². The van der Waals surface area contributed by atoms with Crippen molar-refractivity contribution in [3.63, 3.8) is 0 Å². The number of hydrogen-bond acceptors (Lipinski definition) is 6. The topological polar surface area (TPSA) is 152 Å². The Morgan fingerprint density at radius 1 is 0.727 bits per heavy atom. The van der Waals surface area contributed by atoms with Crippen LogP contribution >= 0.6 is 26.1 Å². The average molecular weight is 240 g/mol. The zero-order chi connectivity index (χ0) is 8.12. The fourth-order valence-corrected chi connectivity index (χ4v) is 0. The van der Waals surface area contributed by atoms with Crippen molar-refractivity contribution in [3.8, 4) is 0 Å². The van der Waals surface area contributed by atoms with E-state index < -0.39 is 26.1 Å². The van der Waals surface area contributed by atoms with Crippen LogP contribution in [0.15, 0.2) is 0 Å². The minimum Gasteiger partial charge on any atom is -0.804 e. The molecule has 0 spiro atoms. The Morgan fingerprint density at radius 3 is 0.727 bits per heavy atom. The van der Waals surface area contributed by atoms with Crippen molar-refractivity contribution < 1.29 is 33.9 Å². The fourth-order valence-electron chi connectivity index (χ4n) is 0. The normalized spacial score (nSPS) is 7.91. The van der Waals surface area contributed by atoms with Crippen molar-refractivity contribution in [1.82, 2.24) is 0 Å². The third-order valence-electron chi connectivity index (χ3n) is 0. The van der Waals surface area contributed by atoms with E-state index in [9.17, 15) is 0 Å². The second-order valence-electron chi connectivity index (χ2n) is 0.289. The van der Waals surface area contributed by atoms with Crippen molar-refractivity contribution in [2.45, 2.75) is 0 Å². The molecular formula is H8AlO7P3. The van der Waals surface area contributed by atoms with Crippen LogP contribution in [0.1, 0.15) is 0 Å². The van der Waals surface area contributed by atoms with Gasteiger partial charge in [0.1, 0.15) is 0 Å². The van der Waals surface area contributed by atoms with Gasteiger partial charge < -0.3 is 33.9 Å². The van der Waals surface area contributed by atoms with Crippen LogP contribution in [0.3, 0.4) is 0 Å². The van der Waals surface area contributed by atoms with Gasteiger partial charge >= 0.3 is 17.4 Å². The van der Waals surface area contributed by atoms with E-state index in [4.69, 9.17) is 28.4 Å². The Morgan fingerprint density at radius 2 is 0.727 bits per heavy atom. The summed E-state index contributed by atoms with van der Waals surface area (Å²) in [5, 5.41) is 0. The summed E-state index contributed by atoms with van der Waals surface area (Å²) in [6.07, 6.45) is 0. The number of hydrogen-bond donors (Lipinski definition) is 0. The van der Waals surface area contributed by atoms with Crippen LogP contribution in [0.2, 0.25) is 0 Å². The van der Waals surface area contributed by atoms with Gasteiger partial charge in [0.25, 0.3) is 0 Å². The van der Waals surface area contributed by atoms with Gasteiger partial charge in [0.2, 0.25) is 0 Å². The monoisotopic (exact) mass is 240 g/mol. The zero-order valence-electron chi connectivity index (χ0n) is 5.26. The first-order valence-electron chi connectivity index (χ1n) is 1.41. The molecule has 0 aliphatic heterocycles. The van der Waals surface area contributed by atoms with Crippen LogP contribution in [0, 0.1) is 0 Å². The third kappa shape index (κ3) is 805. The molecule has 11 heteroatoms. The molecule has 0 aliphatic rings. The molecule has 3 atom stereocenters. The summed E-state index contributed by atoms with van der Waals surface area (Å²) in [5.41, 5.74) is 0. The predicted octanol–water partition coefficient (Wildman–Crippen LogP) is -4.15. The molecule has 0 rings (SSSR count). The van der Waals surface area contributed by atoms with Crippen LogP contribution in [0.25, 0.3) is 0 Å². The van der Waals surface area contributed by atoms with E-state index in [1.807, 2.05) is 0 Å². The van der Waals surface area contributed by atoms with Gasteiger partial charge in [0, 0.05) is 0 Å². The summed E-state index contributed by atoms with van der Waals surface area (Å²) in [5.74, 6) is 0. The maximum absolute atomic E-state index is 8.46. The quantitative estimate of drug-likeness (QED) is 0.309. The molecule has 0 aliphatic carbocycles. The fraction of sp³-hybridized carbons (Fsp3) is 0. The van der Waals surface area contributed by atoms with E-state index >= 15 is 0 Å². The van der Waals surface area contributed by atoms with Crippen LogP contribution in [-0.4, -0.2) is 22.8 Å². The molecule has 0 aromatic rings. The molecular weight excluding hydrogens is 232 g/mol. The first kappa shape index (κ1) is 29.6. The molecule has 2 N–H and O–H groups in total. The Kier molecular flexibility index (Phi) is 183. The Hall–Kier alpha value is 1.06. The van der Waals surface area contributed by atoms with E-state index in [1.165, 1.54) is 0 Å². The van der Waals surface area contributed by atoms with Gasteiger partial charge in [-0.25, -0.2) is 0 Å². The molecule has 11 heavy (non-hydrogen) atoms. The minimum atomic E-state index is -1.75. The minimum absolute atomic E-state index is 0. The molecule has 68 valence electrons. The van der Waals surface area contributed by atoms with Crippen LogP contribution in [0.5, 0.6) is 0 Å². The summed E-state index contributed by atoms with van der Waals surface area (Å²) in [7, 11) is -5.25. The van der Waals surface area contributed by atoms with Crippen LogP contribution in [0.4, 0.5) is 0 Å². The van der Waals surface area contributed by atoms with Gasteiger partial charge in [0.15, 0.2) is 0 Å². The van der Waals surface area contributed by atoms with Crippen molar-refractivity contribution in [3.05, 3.63) is 0 Å². The molecule has 0 radical (unpaired) electrons. The van der Waals surface area contributed by atoms with Gasteiger partial charge in [-0.05, 0) is 26.1 Å². The zero-order valence-corrected chi connectivity index (χ0v) is 9.88. The predicted molar refractivity (Wildman–Crippen MR) is 40.6 cm³/mol. The van der Waals surface area contributed by atoms with E-state index in [0.717, 1.165) is 0 Å². The van der Waals surface area contributed by atoms with Crippen molar-refractivity contribution in [2.24, 2.45) is 0 Å². The summed E-state index contributed by atoms with van der Waals surface area (Å²) in [6.45, 7) is 0.